The Bertz CT molecular complexity index is 833. The van der Waals surface area contributed by atoms with Gasteiger partial charge in [-0.1, -0.05) is 17.7 Å². The summed E-state index contributed by atoms with van der Waals surface area (Å²) in [7, 11) is 0. The third-order valence-electron chi connectivity index (χ3n) is 4.62. The molecule has 3 aromatic heterocycles. The highest BCUT2D eigenvalue weighted by atomic mass is 35.5. The minimum absolute atomic E-state index is 0.172. The number of hydrogen-bond acceptors (Lipinski definition) is 4. The maximum Gasteiger partial charge on any atom is 0.0759 e. The van der Waals surface area contributed by atoms with Gasteiger partial charge in [-0.3, -0.25) is 15.1 Å². The summed E-state index contributed by atoms with van der Waals surface area (Å²) in [6, 6.07) is 12.4. The standard InChI is InChI=1S/C19H20ClN5/c20-15-5-3-10-21-19(15)18-8-2-7-17(24-18)16-6-1-4-13(23-16)12-14-9-11-22-25-14/h1,3-6,9-11,17-18,24H,2,7-8,12H2,(H,22,25)/t17-,18+/m1/s1. The Hall–Kier alpha value is -2.24. The number of pyridine rings is 2. The molecule has 0 bridgehead atoms. The second-order valence-electron chi connectivity index (χ2n) is 6.39. The summed E-state index contributed by atoms with van der Waals surface area (Å²) in [6.45, 7) is 0. The summed E-state index contributed by atoms with van der Waals surface area (Å²) in [5.74, 6) is 0. The number of piperidine rings is 1. The van der Waals surface area contributed by atoms with Crippen molar-refractivity contribution in [2.24, 2.45) is 0 Å². The molecule has 0 saturated carbocycles. The lowest BCUT2D eigenvalue weighted by atomic mass is 9.94. The second kappa shape index (κ2) is 7.33. The third-order valence-corrected chi connectivity index (χ3v) is 4.94. The summed E-state index contributed by atoms with van der Waals surface area (Å²) in [5, 5.41) is 11.4. The highest BCUT2D eigenvalue weighted by Crippen LogP contribution is 2.33. The van der Waals surface area contributed by atoms with E-state index in [0.29, 0.717) is 0 Å². The maximum atomic E-state index is 6.33. The van der Waals surface area contributed by atoms with Gasteiger partial charge in [-0.15, -0.1) is 0 Å². The molecule has 0 amide bonds. The van der Waals surface area contributed by atoms with Crippen LogP contribution in [0.1, 0.15) is 54.1 Å². The SMILES string of the molecule is Clc1cccnc1[C@@H]1CCC[C@H](c2cccc(Cc3ccn[nH]3)n2)N1. The molecule has 0 radical (unpaired) electrons. The van der Waals surface area contributed by atoms with Crippen molar-refractivity contribution in [1.29, 1.82) is 0 Å². The first-order valence-corrected chi connectivity index (χ1v) is 8.98. The quantitative estimate of drug-likeness (QED) is 0.744. The van der Waals surface area contributed by atoms with Crippen LogP contribution in [0.5, 0.6) is 0 Å². The van der Waals surface area contributed by atoms with Gasteiger partial charge < -0.3 is 5.32 Å². The van der Waals surface area contributed by atoms with Crippen LogP contribution in [0.4, 0.5) is 0 Å². The number of hydrogen-bond donors (Lipinski definition) is 2. The first kappa shape index (κ1) is 16.2. The summed E-state index contributed by atoms with van der Waals surface area (Å²) in [5.41, 5.74) is 4.12. The molecule has 0 aliphatic carbocycles. The number of aromatic nitrogens is 4. The topological polar surface area (TPSA) is 66.5 Å². The molecule has 1 aliphatic heterocycles. The van der Waals surface area contributed by atoms with E-state index in [-0.39, 0.29) is 12.1 Å². The number of nitrogens with zero attached hydrogens (tertiary/aromatic N) is 3. The van der Waals surface area contributed by atoms with Crippen LogP contribution in [0.25, 0.3) is 0 Å². The predicted molar refractivity (Wildman–Crippen MR) is 97.3 cm³/mol. The molecule has 3 aromatic rings. The normalized spacial score (nSPS) is 20.5. The fourth-order valence-corrected chi connectivity index (χ4v) is 3.66. The number of nitrogens with one attached hydrogen (secondary N) is 2. The molecule has 2 atom stereocenters. The van der Waals surface area contributed by atoms with Crippen molar-refractivity contribution in [1.82, 2.24) is 25.5 Å². The fraction of sp³-hybridized carbons (Fsp3) is 0.316. The van der Waals surface area contributed by atoms with E-state index in [4.69, 9.17) is 16.6 Å². The molecule has 5 nitrogen and oxygen atoms in total. The minimum atomic E-state index is 0.172. The molecule has 1 saturated heterocycles. The number of aromatic amines is 1. The van der Waals surface area contributed by atoms with E-state index in [2.05, 4.69) is 38.7 Å². The minimum Gasteiger partial charge on any atom is -0.300 e. The molecule has 6 heteroatoms. The van der Waals surface area contributed by atoms with Gasteiger partial charge in [-0.25, -0.2) is 0 Å². The molecule has 128 valence electrons. The van der Waals surface area contributed by atoms with Gasteiger partial charge in [0.1, 0.15) is 0 Å². The molecule has 1 aliphatic rings. The van der Waals surface area contributed by atoms with Crippen LogP contribution in [-0.4, -0.2) is 20.2 Å². The van der Waals surface area contributed by atoms with Gasteiger partial charge in [0.05, 0.1) is 22.5 Å². The highest BCUT2D eigenvalue weighted by molar-refractivity contribution is 6.31. The molecule has 0 unspecified atom stereocenters. The fourth-order valence-electron chi connectivity index (χ4n) is 3.41. The van der Waals surface area contributed by atoms with Crippen molar-refractivity contribution < 1.29 is 0 Å². The van der Waals surface area contributed by atoms with E-state index in [1.54, 1.807) is 12.4 Å². The van der Waals surface area contributed by atoms with Crippen LogP contribution in [-0.2, 0) is 6.42 Å². The average Bonchev–Trinajstić information content (AvgIpc) is 3.15. The second-order valence-corrected chi connectivity index (χ2v) is 6.79. The van der Waals surface area contributed by atoms with E-state index in [1.807, 2.05) is 18.2 Å². The van der Waals surface area contributed by atoms with Crippen LogP contribution in [0.3, 0.4) is 0 Å². The smallest absolute Gasteiger partial charge is 0.0759 e. The lowest BCUT2D eigenvalue weighted by Crippen LogP contribution is -2.32. The van der Waals surface area contributed by atoms with Gasteiger partial charge >= 0.3 is 0 Å². The Morgan fingerprint density at radius 3 is 2.80 bits per heavy atom. The van der Waals surface area contributed by atoms with Crippen LogP contribution in [0.2, 0.25) is 5.02 Å². The zero-order valence-electron chi connectivity index (χ0n) is 13.8. The van der Waals surface area contributed by atoms with Gasteiger partial charge in [0.2, 0.25) is 0 Å². The van der Waals surface area contributed by atoms with Gasteiger partial charge in [0.15, 0.2) is 0 Å². The first-order valence-electron chi connectivity index (χ1n) is 8.60. The predicted octanol–water partition coefficient (Wildman–Crippen LogP) is 4.00. The molecule has 2 N–H and O–H groups in total. The largest absolute Gasteiger partial charge is 0.300 e. The van der Waals surface area contributed by atoms with Gasteiger partial charge in [-0.05, 0) is 49.6 Å². The molecule has 4 heterocycles. The summed E-state index contributed by atoms with van der Waals surface area (Å²) in [4.78, 5) is 9.33. The molecule has 4 rings (SSSR count). The molecular formula is C19H20ClN5. The zero-order valence-corrected chi connectivity index (χ0v) is 14.6. The monoisotopic (exact) mass is 353 g/mol. The zero-order chi connectivity index (χ0) is 17.1. The number of H-pyrrole nitrogens is 1. The van der Waals surface area contributed by atoms with Crippen LogP contribution < -0.4 is 5.32 Å². The Balaban J connectivity index is 1.52. The molecule has 0 aromatic carbocycles. The highest BCUT2D eigenvalue weighted by Gasteiger charge is 2.26. The number of rotatable bonds is 4. The van der Waals surface area contributed by atoms with Gasteiger partial charge in [0.25, 0.3) is 0 Å². The maximum absolute atomic E-state index is 6.33. The van der Waals surface area contributed by atoms with Crippen molar-refractivity contribution in [2.45, 2.75) is 37.8 Å². The molecule has 0 spiro atoms. The summed E-state index contributed by atoms with van der Waals surface area (Å²) < 4.78 is 0. The average molecular weight is 354 g/mol. The Morgan fingerprint density at radius 1 is 1.04 bits per heavy atom. The van der Waals surface area contributed by atoms with Crippen LogP contribution in [0, 0.1) is 0 Å². The van der Waals surface area contributed by atoms with Crippen molar-refractivity contribution >= 4 is 11.6 Å². The van der Waals surface area contributed by atoms with Crippen molar-refractivity contribution in [3.8, 4) is 0 Å². The lowest BCUT2D eigenvalue weighted by molar-refractivity contribution is 0.321. The van der Waals surface area contributed by atoms with Crippen molar-refractivity contribution in [2.75, 3.05) is 0 Å². The van der Waals surface area contributed by atoms with Gasteiger partial charge in [-0.2, -0.15) is 5.10 Å². The van der Waals surface area contributed by atoms with Crippen molar-refractivity contribution in [3.63, 3.8) is 0 Å². The molecule has 25 heavy (non-hydrogen) atoms. The van der Waals surface area contributed by atoms with E-state index in [9.17, 15) is 0 Å². The summed E-state index contributed by atoms with van der Waals surface area (Å²) >= 11 is 6.33. The first-order chi connectivity index (χ1) is 12.3. The van der Waals surface area contributed by atoms with Crippen LogP contribution in [0.15, 0.2) is 48.8 Å². The number of halogens is 1. The van der Waals surface area contributed by atoms with Crippen molar-refractivity contribution in [3.05, 3.63) is 76.6 Å². The van der Waals surface area contributed by atoms with Crippen LogP contribution >= 0.6 is 11.6 Å². The van der Waals surface area contributed by atoms with E-state index in [1.165, 1.54) is 0 Å². The summed E-state index contributed by atoms with van der Waals surface area (Å²) in [6.07, 6.45) is 7.57. The van der Waals surface area contributed by atoms with E-state index >= 15 is 0 Å². The molecule has 1 fully saturated rings. The van der Waals surface area contributed by atoms with E-state index < -0.39 is 0 Å². The van der Waals surface area contributed by atoms with E-state index in [0.717, 1.165) is 53.5 Å². The Kier molecular flexibility index (Phi) is 4.76. The molecular weight excluding hydrogens is 334 g/mol. The lowest BCUT2D eigenvalue weighted by Gasteiger charge is -2.31. The Labute approximate surface area is 151 Å². The Morgan fingerprint density at radius 2 is 1.96 bits per heavy atom. The van der Waals surface area contributed by atoms with Gasteiger partial charge in [0, 0.05) is 36.2 Å². The third kappa shape index (κ3) is 3.72.